The first kappa shape index (κ1) is 10.8. The number of aromatic carboxylic acids is 1. The van der Waals surface area contributed by atoms with Crippen molar-refractivity contribution in [1.29, 1.82) is 0 Å². The van der Waals surface area contributed by atoms with Crippen LogP contribution in [0.3, 0.4) is 0 Å². The lowest BCUT2D eigenvalue weighted by Crippen LogP contribution is -2.10. The summed E-state index contributed by atoms with van der Waals surface area (Å²) in [5.74, 6) is -1.17. The van der Waals surface area contributed by atoms with Gasteiger partial charge < -0.3 is 15.1 Å². The van der Waals surface area contributed by atoms with Crippen molar-refractivity contribution in [1.82, 2.24) is 19.4 Å². The van der Waals surface area contributed by atoms with E-state index >= 15 is 0 Å². The summed E-state index contributed by atoms with van der Waals surface area (Å²) in [6.07, 6.45) is 1.34. The Hall–Kier alpha value is -3.09. The second kappa shape index (κ2) is 3.47. The molecule has 0 aliphatic heterocycles. The zero-order chi connectivity index (χ0) is 13.9. The number of nitrogens with zero attached hydrogens (tertiary/aromatic N) is 2. The molecule has 7 heteroatoms. The molecule has 0 saturated heterocycles. The van der Waals surface area contributed by atoms with E-state index in [9.17, 15) is 9.59 Å². The molecule has 0 atom stereocenters. The molecule has 0 saturated carbocycles. The Bertz CT molecular complexity index is 1050. The second-order valence-electron chi connectivity index (χ2n) is 4.47. The van der Waals surface area contributed by atoms with Crippen LogP contribution in [-0.2, 0) is 0 Å². The molecule has 0 aliphatic carbocycles. The van der Waals surface area contributed by atoms with Gasteiger partial charge in [0.15, 0.2) is 5.69 Å². The molecule has 20 heavy (non-hydrogen) atoms. The molecule has 3 N–H and O–H groups in total. The molecule has 0 unspecified atom stereocenters. The van der Waals surface area contributed by atoms with Crippen LogP contribution in [0.5, 0.6) is 0 Å². The Morgan fingerprint density at radius 3 is 2.85 bits per heavy atom. The van der Waals surface area contributed by atoms with E-state index in [4.69, 9.17) is 5.11 Å². The molecule has 3 heterocycles. The largest absolute Gasteiger partial charge is 0.476 e. The number of carboxylic acids is 1. The summed E-state index contributed by atoms with van der Waals surface area (Å²) < 4.78 is 1.47. The highest BCUT2D eigenvalue weighted by molar-refractivity contribution is 6.04. The second-order valence-corrected chi connectivity index (χ2v) is 4.47. The molecule has 4 rings (SSSR count). The van der Waals surface area contributed by atoms with E-state index in [-0.39, 0.29) is 11.3 Å². The van der Waals surface area contributed by atoms with Gasteiger partial charge >= 0.3 is 5.97 Å². The summed E-state index contributed by atoms with van der Waals surface area (Å²) in [6, 6.07) is 7.51. The fraction of sp³-hybridized carbons (Fsp3) is 0. The molecule has 1 aromatic carbocycles. The zero-order valence-corrected chi connectivity index (χ0v) is 10.0. The van der Waals surface area contributed by atoms with E-state index in [0.29, 0.717) is 11.2 Å². The number of hydrogen-bond acceptors (Lipinski definition) is 3. The number of nitrogens with one attached hydrogen (secondary N) is 2. The van der Waals surface area contributed by atoms with Crippen molar-refractivity contribution in [2.45, 2.75) is 0 Å². The van der Waals surface area contributed by atoms with Crippen LogP contribution in [0.1, 0.15) is 10.5 Å². The highest BCUT2D eigenvalue weighted by Crippen LogP contribution is 2.22. The minimum absolute atomic E-state index is 0.0569. The number of hydrogen-bond donors (Lipinski definition) is 3. The Morgan fingerprint density at radius 1 is 1.25 bits per heavy atom. The maximum absolute atomic E-state index is 12.0. The van der Waals surface area contributed by atoms with Crippen LogP contribution in [0.4, 0.5) is 0 Å². The number of para-hydroxylation sites is 1. The standard InChI is InChI=1S/C13H8N4O3/c18-12-11-15-8(13(19)20)5-17(11)10-9(16-12)6-3-1-2-4-7(6)14-10/h1-5,14H,(H,16,18)(H,19,20). The number of imidazole rings is 1. The predicted octanol–water partition coefficient (Wildman–Crippen LogP) is 1.36. The van der Waals surface area contributed by atoms with Gasteiger partial charge in [0, 0.05) is 17.1 Å². The van der Waals surface area contributed by atoms with Crippen LogP contribution in [0.15, 0.2) is 35.3 Å². The minimum atomic E-state index is -1.17. The van der Waals surface area contributed by atoms with Crippen molar-refractivity contribution in [2.75, 3.05) is 0 Å². The van der Waals surface area contributed by atoms with Crippen LogP contribution >= 0.6 is 0 Å². The molecule has 0 amide bonds. The van der Waals surface area contributed by atoms with Gasteiger partial charge in [-0.15, -0.1) is 0 Å². The monoisotopic (exact) mass is 268 g/mol. The quantitative estimate of drug-likeness (QED) is 0.485. The molecule has 0 bridgehead atoms. The highest BCUT2D eigenvalue weighted by Gasteiger charge is 2.15. The van der Waals surface area contributed by atoms with E-state index in [1.54, 1.807) is 0 Å². The average Bonchev–Trinajstić information content (AvgIpc) is 3.01. The molecule has 7 nitrogen and oxygen atoms in total. The van der Waals surface area contributed by atoms with Crippen LogP contribution in [0.2, 0.25) is 0 Å². The summed E-state index contributed by atoms with van der Waals surface area (Å²) in [5, 5.41) is 9.86. The number of aromatic amines is 2. The first-order valence-corrected chi connectivity index (χ1v) is 5.90. The summed E-state index contributed by atoms with van der Waals surface area (Å²) >= 11 is 0. The Kier molecular flexibility index (Phi) is 1.88. The van der Waals surface area contributed by atoms with Gasteiger partial charge in [-0.2, -0.15) is 0 Å². The molecular weight excluding hydrogens is 260 g/mol. The lowest BCUT2D eigenvalue weighted by atomic mass is 10.2. The van der Waals surface area contributed by atoms with E-state index in [1.165, 1.54) is 10.6 Å². The van der Waals surface area contributed by atoms with Crippen molar-refractivity contribution in [3.8, 4) is 0 Å². The fourth-order valence-electron chi connectivity index (χ4n) is 2.42. The molecule has 0 radical (unpaired) electrons. The van der Waals surface area contributed by atoms with Gasteiger partial charge in [-0.1, -0.05) is 18.2 Å². The van der Waals surface area contributed by atoms with Crippen LogP contribution in [0.25, 0.3) is 27.7 Å². The molecule has 0 spiro atoms. The maximum atomic E-state index is 12.0. The van der Waals surface area contributed by atoms with Crippen molar-refractivity contribution in [3.63, 3.8) is 0 Å². The normalized spacial score (nSPS) is 11.6. The lowest BCUT2D eigenvalue weighted by Gasteiger charge is -1.95. The van der Waals surface area contributed by atoms with Gasteiger partial charge in [-0.25, -0.2) is 9.78 Å². The van der Waals surface area contributed by atoms with Gasteiger partial charge in [-0.05, 0) is 6.07 Å². The summed E-state index contributed by atoms with van der Waals surface area (Å²) in [7, 11) is 0. The Morgan fingerprint density at radius 2 is 2.05 bits per heavy atom. The van der Waals surface area contributed by atoms with Crippen LogP contribution in [-0.4, -0.2) is 30.4 Å². The average molecular weight is 268 g/mol. The van der Waals surface area contributed by atoms with Crippen molar-refractivity contribution >= 4 is 33.7 Å². The third-order valence-corrected chi connectivity index (χ3v) is 3.29. The molecule has 4 aromatic rings. The SMILES string of the molecule is O=C(O)c1cn2c(n1)c(=O)[nH]c1c3ccccc3[nH]c12. The molecule has 98 valence electrons. The molecule has 0 aliphatic rings. The van der Waals surface area contributed by atoms with Gasteiger partial charge in [0.1, 0.15) is 5.65 Å². The van der Waals surface area contributed by atoms with E-state index in [0.717, 1.165) is 10.9 Å². The smallest absolute Gasteiger partial charge is 0.356 e. The number of carbonyl (C=O) groups is 1. The molecular formula is C13H8N4O3. The molecule has 0 fully saturated rings. The Balaban J connectivity index is 2.28. The van der Waals surface area contributed by atoms with Crippen molar-refractivity contribution in [2.24, 2.45) is 0 Å². The number of H-pyrrole nitrogens is 2. The number of carboxylic acid groups (broad SMARTS) is 1. The highest BCUT2D eigenvalue weighted by atomic mass is 16.4. The topological polar surface area (TPSA) is 103 Å². The van der Waals surface area contributed by atoms with Crippen molar-refractivity contribution < 1.29 is 9.90 Å². The van der Waals surface area contributed by atoms with Gasteiger partial charge in [0.05, 0.1) is 5.52 Å². The van der Waals surface area contributed by atoms with E-state index < -0.39 is 11.5 Å². The number of rotatable bonds is 1. The fourth-order valence-corrected chi connectivity index (χ4v) is 2.42. The first-order chi connectivity index (χ1) is 9.65. The number of benzene rings is 1. The minimum Gasteiger partial charge on any atom is -0.476 e. The zero-order valence-electron chi connectivity index (χ0n) is 10.0. The number of fused-ring (bicyclic) bond motifs is 5. The van der Waals surface area contributed by atoms with Crippen LogP contribution < -0.4 is 5.56 Å². The molecule has 3 aromatic heterocycles. The number of aromatic nitrogens is 4. The van der Waals surface area contributed by atoms with E-state index in [2.05, 4.69) is 15.0 Å². The predicted molar refractivity (Wildman–Crippen MR) is 72.1 cm³/mol. The van der Waals surface area contributed by atoms with Crippen molar-refractivity contribution in [3.05, 3.63) is 46.5 Å². The van der Waals surface area contributed by atoms with Gasteiger partial charge in [0.2, 0.25) is 5.65 Å². The van der Waals surface area contributed by atoms with E-state index in [1.807, 2.05) is 24.3 Å². The third-order valence-electron chi connectivity index (χ3n) is 3.29. The maximum Gasteiger partial charge on any atom is 0.356 e. The Labute approximate surface area is 110 Å². The lowest BCUT2D eigenvalue weighted by molar-refractivity contribution is 0.0691. The third kappa shape index (κ3) is 1.26. The van der Waals surface area contributed by atoms with Gasteiger partial charge in [0.25, 0.3) is 5.56 Å². The van der Waals surface area contributed by atoms with Gasteiger partial charge in [-0.3, -0.25) is 9.20 Å². The summed E-state index contributed by atoms with van der Waals surface area (Å²) in [4.78, 5) is 32.8. The summed E-state index contributed by atoms with van der Waals surface area (Å²) in [6.45, 7) is 0. The first-order valence-electron chi connectivity index (χ1n) is 5.90. The summed E-state index contributed by atoms with van der Waals surface area (Å²) in [5.41, 5.74) is 1.57. The van der Waals surface area contributed by atoms with Crippen LogP contribution in [0, 0.1) is 0 Å².